The Bertz CT molecular complexity index is 716. The second-order valence-electron chi connectivity index (χ2n) is 4.05. The Labute approximate surface area is 107 Å². The molecule has 0 amide bonds. The number of aromatic nitrogens is 5. The van der Waals surface area contributed by atoms with Crippen molar-refractivity contribution in [3.8, 4) is 17.2 Å². The fourth-order valence-electron chi connectivity index (χ4n) is 1.76. The minimum atomic E-state index is -0.296. The van der Waals surface area contributed by atoms with Crippen molar-refractivity contribution in [3.05, 3.63) is 41.7 Å². The molecule has 2 aromatic heterocycles. The Kier molecular flexibility index (Phi) is 2.59. The largest absolute Gasteiger partial charge is 0.339 e. The van der Waals surface area contributed by atoms with Crippen molar-refractivity contribution < 1.29 is 8.91 Å². The predicted molar refractivity (Wildman–Crippen MR) is 64.1 cm³/mol. The van der Waals surface area contributed by atoms with Crippen LogP contribution in [0, 0.1) is 19.7 Å². The monoisotopic (exact) mass is 259 g/mol. The molecule has 19 heavy (non-hydrogen) atoms. The smallest absolute Gasteiger partial charge is 0.224 e. The van der Waals surface area contributed by atoms with E-state index in [1.807, 2.05) is 6.92 Å². The number of nitrogens with zero attached hydrogens (tertiary/aromatic N) is 5. The molecule has 1 aromatic carbocycles. The zero-order chi connectivity index (χ0) is 13.4. The summed E-state index contributed by atoms with van der Waals surface area (Å²) in [7, 11) is 0. The van der Waals surface area contributed by atoms with Gasteiger partial charge in [0.15, 0.2) is 5.69 Å². The summed E-state index contributed by atoms with van der Waals surface area (Å²) in [5, 5.41) is 11.9. The fraction of sp³-hybridized carbons (Fsp3) is 0.167. The highest BCUT2D eigenvalue weighted by atomic mass is 19.1. The average Bonchev–Trinajstić information content (AvgIpc) is 2.97. The van der Waals surface area contributed by atoms with Gasteiger partial charge in [0.05, 0.1) is 11.4 Å². The standard InChI is InChI=1S/C12H10FN5O/c1-7-11(12-14-8(2)19-16-12)15-17-18(7)10-5-3-9(13)4-6-10/h3-6H,1-2H3. The van der Waals surface area contributed by atoms with Crippen LogP contribution < -0.4 is 0 Å². The van der Waals surface area contributed by atoms with E-state index in [1.165, 1.54) is 12.1 Å². The van der Waals surface area contributed by atoms with Gasteiger partial charge in [0.25, 0.3) is 0 Å². The van der Waals surface area contributed by atoms with Gasteiger partial charge in [-0.1, -0.05) is 10.4 Å². The number of hydrogen-bond donors (Lipinski definition) is 0. The fourth-order valence-corrected chi connectivity index (χ4v) is 1.76. The molecule has 0 aliphatic rings. The van der Waals surface area contributed by atoms with E-state index in [9.17, 15) is 4.39 Å². The van der Waals surface area contributed by atoms with Gasteiger partial charge < -0.3 is 4.52 Å². The van der Waals surface area contributed by atoms with Crippen LogP contribution in [0.2, 0.25) is 0 Å². The van der Waals surface area contributed by atoms with Crippen LogP contribution in [0.15, 0.2) is 28.8 Å². The van der Waals surface area contributed by atoms with E-state index >= 15 is 0 Å². The first-order valence-electron chi connectivity index (χ1n) is 5.64. The van der Waals surface area contributed by atoms with E-state index in [1.54, 1.807) is 23.7 Å². The normalized spacial score (nSPS) is 10.9. The zero-order valence-electron chi connectivity index (χ0n) is 10.3. The lowest BCUT2D eigenvalue weighted by Gasteiger charge is -2.02. The van der Waals surface area contributed by atoms with Crippen LogP contribution in [0.25, 0.3) is 17.2 Å². The second-order valence-corrected chi connectivity index (χ2v) is 4.05. The summed E-state index contributed by atoms with van der Waals surface area (Å²) < 4.78 is 19.4. The third-order valence-electron chi connectivity index (χ3n) is 2.71. The van der Waals surface area contributed by atoms with Gasteiger partial charge in [-0.05, 0) is 31.2 Å². The number of benzene rings is 1. The zero-order valence-corrected chi connectivity index (χ0v) is 10.3. The molecular weight excluding hydrogens is 249 g/mol. The molecule has 0 aliphatic heterocycles. The molecule has 3 aromatic rings. The lowest BCUT2D eigenvalue weighted by Crippen LogP contribution is -1.99. The molecule has 0 saturated heterocycles. The first-order valence-corrected chi connectivity index (χ1v) is 5.64. The SMILES string of the molecule is Cc1nc(-c2nnn(-c3ccc(F)cc3)c2C)no1. The Morgan fingerprint density at radius 1 is 1.16 bits per heavy atom. The highest BCUT2D eigenvalue weighted by molar-refractivity contribution is 5.52. The summed E-state index contributed by atoms with van der Waals surface area (Å²) >= 11 is 0. The molecule has 0 aliphatic carbocycles. The summed E-state index contributed by atoms with van der Waals surface area (Å²) in [6.07, 6.45) is 0. The summed E-state index contributed by atoms with van der Waals surface area (Å²) in [4.78, 5) is 4.11. The molecule has 0 N–H and O–H groups in total. The summed E-state index contributed by atoms with van der Waals surface area (Å²) in [5.74, 6) is 0.560. The van der Waals surface area contributed by atoms with Crippen LogP contribution in [0.3, 0.4) is 0 Å². The molecule has 0 bridgehead atoms. The van der Waals surface area contributed by atoms with Crippen LogP contribution in [0.1, 0.15) is 11.6 Å². The van der Waals surface area contributed by atoms with Crippen LogP contribution in [-0.4, -0.2) is 25.1 Å². The minimum absolute atomic E-state index is 0.296. The average molecular weight is 259 g/mol. The van der Waals surface area contributed by atoms with Gasteiger partial charge >= 0.3 is 0 Å². The quantitative estimate of drug-likeness (QED) is 0.704. The van der Waals surface area contributed by atoms with Crippen molar-refractivity contribution in [3.63, 3.8) is 0 Å². The molecule has 2 heterocycles. The topological polar surface area (TPSA) is 69.6 Å². The highest BCUT2D eigenvalue weighted by Crippen LogP contribution is 2.20. The number of rotatable bonds is 2. The van der Waals surface area contributed by atoms with Gasteiger partial charge in [-0.2, -0.15) is 4.98 Å². The van der Waals surface area contributed by atoms with Crippen molar-refractivity contribution in [1.82, 2.24) is 25.1 Å². The number of aryl methyl sites for hydroxylation is 1. The van der Waals surface area contributed by atoms with E-state index < -0.39 is 0 Å². The van der Waals surface area contributed by atoms with Gasteiger partial charge in [-0.25, -0.2) is 9.07 Å². The lowest BCUT2D eigenvalue weighted by molar-refractivity contribution is 0.394. The molecule has 3 rings (SSSR count). The summed E-state index contributed by atoms with van der Waals surface area (Å²) in [6.45, 7) is 3.54. The first kappa shape index (κ1) is 11.5. The van der Waals surface area contributed by atoms with E-state index in [0.717, 1.165) is 11.4 Å². The van der Waals surface area contributed by atoms with E-state index in [2.05, 4.69) is 20.5 Å². The van der Waals surface area contributed by atoms with Gasteiger partial charge in [0, 0.05) is 6.92 Å². The third-order valence-corrected chi connectivity index (χ3v) is 2.71. The van der Waals surface area contributed by atoms with Gasteiger partial charge in [0.2, 0.25) is 11.7 Å². The predicted octanol–water partition coefficient (Wildman–Crippen LogP) is 2.07. The van der Waals surface area contributed by atoms with E-state index in [4.69, 9.17) is 4.52 Å². The van der Waals surface area contributed by atoms with Crippen molar-refractivity contribution in [2.45, 2.75) is 13.8 Å². The Morgan fingerprint density at radius 3 is 2.53 bits per heavy atom. The number of halogens is 1. The maximum atomic E-state index is 12.9. The molecule has 0 unspecified atom stereocenters. The molecule has 7 heteroatoms. The Hall–Kier alpha value is -2.57. The summed E-state index contributed by atoms with van der Waals surface area (Å²) in [6, 6.07) is 5.99. The molecule has 96 valence electrons. The summed E-state index contributed by atoms with van der Waals surface area (Å²) in [5.41, 5.74) is 2.02. The Morgan fingerprint density at radius 2 is 1.89 bits per heavy atom. The van der Waals surface area contributed by atoms with Gasteiger partial charge in [-0.15, -0.1) is 5.10 Å². The minimum Gasteiger partial charge on any atom is -0.339 e. The molecule has 6 nitrogen and oxygen atoms in total. The van der Waals surface area contributed by atoms with Crippen molar-refractivity contribution in [1.29, 1.82) is 0 Å². The van der Waals surface area contributed by atoms with Crippen LogP contribution in [0.5, 0.6) is 0 Å². The molecule has 0 fully saturated rings. The highest BCUT2D eigenvalue weighted by Gasteiger charge is 2.16. The van der Waals surface area contributed by atoms with E-state index in [-0.39, 0.29) is 5.82 Å². The van der Waals surface area contributed by atoms with Crippen molar-refractivity contribution >= 4 is 0 Å². The maximum Gasteiger partial charge on any atom is 0.224 e. The molecule has 0 radical (unpaired) electrons. The molecular formula is C12H10FN5O. The second kappa shape index (κ2) is 4.27. The van der Waals surface area contributed by atoms with Gasteiger partial charge in [-0.3, -0.25) is 0 Å². The van der Waals surface area contributed by atoms with Crippen LogP contribution >= 0.6 is 0 Å². The van der Waals surface area contributed by atoms with Crippen molar-refractivity contribution in [2.24, 2.45) is 0 Å². The lowest BCUT2D eigenvalue weighted by atomic mass is 10.3. The third kappa shape index (κ3) is 1.99. The first-order chi connectivity index (χ1) is 9.15. The number of hydrogen-bond acceptors (Lipinski definition) is 5. The maximum absolute atomic E-state index is 12.9. The van der Waals surface area contributed by atoms with Crippen LogP contribution in [-0.2, 0) is 0 Å². The molecule has 0 spiro atoms. The Balaban J connectivity index is 2.06. The van der Waals surface area contributed by atoms with Crippen LogP contribution in [0.4, 0.5) is 4.39 Å². The van der Waals surface area contributed by atoms with Crippen molar-refractivity contribution in [2.75, 3.05) is 0 Å². The van der Waals surface area contributed by atoms with E-state index in [0.29, 0.717) is 17.4 Å². The molecule has 0 saturated carbocycles. The molecule has 0 atom stereocenters. The van der Waals surface area contributed by atoms with Gasteiger partial charge in [0.1, 0.15) is 5.82 Å².